The fourth-order valence-corrected chi connectivity index (χ4v) is 11.2. The van der Waals surface area contributed by atoms with Gasteiger partial charge in [-0.2, -0.15) is 9.97 Å². The van der Waals surface area contributed by atoms with E-state index in [-0.39, 0.29) is 47.2 Å². The number of carbonyl (C=O) groups is 2. The van der Waals surface area contributed by atoms with Gasteiger partial charge in [-0.15, -0.1) is 0 Å². The number of amides is 1. The number of piperidine rings is 3. The van der Waals surface area contributed by atoms with Crippen molar-refractivity contribution in [1.29, 1.82) is 0 Å². The largest absolute Gasteiger partial charge is 0.508 e. The summed E-state index contributed by atoms with van der Waals surface area (Å²) in [5.74, 6) is -0.543. The van der Waals surface area contributed by atoms with Crippen molar-refractivity contribution in [2.75, 3.05) is 75.8 Å². The molecule has 356 valence electrons. The smallest absolute Gasteiger partial charge is 0.319 e. The van der Waals surface area contributed by atoms with Gasteiger partial charge < -0.3 is 34.7 Å². The molecule has 67 heavy (non-hydrogen) atoms. The van der Waals surface area contributed by atoms with Crippen LogP contribution < -0.4 is 19.9 Å². The maximum Gasteiger partial charge on any atom is 0.319 e. The van der Waals surface area contributed by atoms with E-state index in [9.17, 15) is 14.7 Å². The molecule has 12 nitrogen and oxygen atoms in total. The Hall–Kier alpha value is -5.54. The van der Waals surface area contributed by atoms with E-state index in [0.717, 1.165) is 110 Å². The summed E-state index contributed by atoms with van der Waals surface area (Å²) in [6.07, 6.45) is 10.2. The van der Waals surface area contributed by atoms with E-state index in [1.807, 2.05) is 13.0 Å². The number of carbonyl (C=O) groups excluding carboxylic acids is 2. The number of pyridine rings is 1. The van der Waals surface area contributed by atoms with Crippen LogP contribution in [0, 0.1) is 29.3 Å². The molecule has 0 spiro atoms. The second-order valence-corrected chi connectivity index (χ2v) is 19.3. The Morgan fingerprint density at radius 3 is 2.46 bits per heavy atom. The average Bonchev–Trinajstić information content (AvgIpc) is 3.80. The first-order valence-electron chi connectivity index (χ1n) is 24.4. The highest BCUT2D eigenvalue weighted by Crippen LogP contribution is 2.40. The normalized spacial score (nSPS) is 20.7. The minimum atomic E-state index is -0.666. The number of aldehydes is 1. The van der Waals surface area contributed by atoms with Gasteiger partial charge in [-0.3, -0.25) is 14.7 Å². The molecule has 4 saturated heterocycles. The molecular weight excluding hydrogens is 858 g/mol. The summed E-state index contributed by atoms with van der Waals surface area (Å²) in [7, 11) is 1.56. The first kappa shape index (κ1) is 46.6. The number of hydrogen-bond acceptors (Lipinski definition) is 11. The van der Waals surface area contributed by atoms with Gasteiger partial charge >= 0.3 is 6.01 Å². The zero-order valence-corrected chi connectivity index (χ0v) is 39.0. The number of fused-ring (bicyclic) bond motifs is 2. The molecule has 0 aliphatic carbocycles. The molecule has 2 N–H and O–H groups in total. The molecule has 6 heterocycles. The Kier molecular flexibility index (Phi) is 14.2. The topological polar surface area (TPSA) is 127 Å². The van der Waals surface area contributed by atoms with Crippen molar-refractivity contribution in [1.82, 2.24) is 30.1 Å². The van der Waals surface area contributed by atoms with E-state index in [0.29, 0.717) is 75.1 Å². The number of anilines is 2. The monoisotopic (exact) mass is 920 g/mol. The summed E-state index contributed by atoms with van der Waals surface area (Å²) in [6, 6.07) is 11.6. The maximum absolute atomic E-state index is 17.1. The summed E-state index contributed by atoms with van der Waals surface area (Å²) in [5.41, 5.74) is 1.98. The molecule has 1 amide bonds. The third-order valence-electron chi connectivity index (χ3n) is 14.9. The number of aromatic hydroxyl groups is 1. The Morgan fingerprint density at radius 2 is 1.73 bits per heavy atom. The summed E-state index contributed by atoms with van der Waals surface area (Å²) in [5, 5.41) is 14.9. The van der Waals surface area contributed by atoms with Crippen LogP contribution in [0.2, 0.25) is 0 Å². The average molecular weight is 921 g/mol. The summed E-state index contributed by atoms with van der Waals surface area (Å²) >= 11 is 0. The number of aryl methyl sites for hydroxylation is 1. The van der Waals surface area contributed by atoms with Gasteiger partial charge in [-0.25, -0.2) is 13.2 Å². The summed E-state index contributed by atoms with van der Waals surface area (Å²) in [4.78, 5) is 47.2. The quantitative estimate of drug-likeness (QED) is 0.104. The number of phenols is 1. The van der Waals surface area contributed by atoms with Crippen LogP contribution in [0.15, 0.2) is 48.7 Å². The number of hydrogen-bond donors (Lipinski definition) is 2. The van der Waals surface area contributed by atoms with Crippen molar-refractivity contribution >= 4 is 45.4 Å². The second-order valence-electron chi connectivity index (χ2n) is 19.3. The van der Waals surface area contributed by atoms with E-state index in [1.165, 1.54) is 18.2 Å². The molecule has 2 aromatic heterocycles. The highest BCUT2D eigenvalue weighted by Gasteiger charge is 2.34. The highest BCUT2D eigenvalue weighted by molar-refractivity contribution is 6.01. The summed E-state index contributed by atoms with van der Waals surface area (Å²) in [6.45, 7) is 11.8. The number of halogens is 3. The number of likely N-dealkylation sites (tertiary alicyclic amines) is 2. The fourth-order valence-electron chi connectivity index (χ4n) is 11.2. The van der Waals surface area contributed by atoms with Gasteiger partial charge in [0.1, 0.15) is 46.8 Å². The van der Waals surface area contributed by atoms with Crippen LogP contribution >= 0.6 is 0 Å². The molecule has 3 aromatic carbocycles. The lowest BCUT2D eigenvalue weighted by molar-refractivity contribution is -0.120. The minimum Gasteiger partial charge on any atom is -0.508 e. The van der Waals surface area contributed by atoms with Crippen molar-refractivity contribution in [3.05, 3.63) is 77.2 Å². The van der Waals surface area contributed by atoms with Crippen molar-refractivity contribution in [3.8, 4) is 23.0 Å². The van der Waals surface area contributed by atoms with Crippen LogP contribution in [0.5, 0.6) is 11.8 Å². The van der Waals surface area contributed by atoms with Crippen molar-refractivity contribution in [2.24, 2.45) is 11.8 Å². The van der Waals surface area contributed by atoms with Gasteiger partial charge in [0.2, 0.25) is 5.91 Å². The molecule has 0 bridgehead atoms. The number of nitrogens with zero attached hydrogens (tertiary/aromatic N) is 7. The number of ether oxygens (including phenoxy) is 1. The zero-order valence-electron chi connectivity index (χ0n) is 39.0. The predicted octanol–water partition coefficient (Wildman–Crippen LogP) is 8.41. The third-order valence-corrected chi connectivity index (χ3v) is 14.9. The molecule has 0 saturated carbocycles. The minimum absolute atomic E-state index is 0.0136. The van der Waals surface area contributed by atoms with E-state index in [4.69, 9.17) is 14.7 Å². The first-order chi connectivity index (χ1) is 32.5. The van der Waals surface area contributed by atoms with E-state index in [1.54, 1.807) is 31.4 Å². The second kappa shape index (κ2) is 20.4. The fraction of sp³-hybridized carbons (Fsp3) is 0.519. The molecule has 4 aliphatic heterocycles. The molecule has 2 unspecified atom stereocenters. The predicted molar refractivity (Wildman–Crippen MR) is 255 cm³/mol. The van der Waals surface area contributed by atoms with Gasteiger partial charge in [0.05, 0.1) is 11.1 Å². The third kappa shape index (κ3) is 10.0. The molecule has 0 radical (unpaired) electrons. The van der Waals surface area contributed by atoms with Crippen LogP contribution in [-0.4, -0.2) is 120 Å². The zero-order chi connectivity index (χ0) is 46.8. The van der Waals surface area contributed by atoms with Crippen molar-refractivity contribution in [2.45, 2.75) is 96.1 Å². The van der Waals surface area contributed by atoms with E-state index < -0.39 is 17.6 Å². The van der Waals surface area contributed by atoms with Gasteiger partial charge in [0.15, 0.2) is 5.82 Å². The van der Waals surface area contributed by atoms with Gasteiger partial charge in [-0.05, 0) is 135 Å². The van der Waals surface area contributed by atoms with Gasteiger partial charge in [0.25, 0.3) is 0 Å². The maximum atomic E-state index is 17.1. The van der Waals surface area contributed by atoms with Crippen LogP contribution in [-0.2, 0) is 16.0 Å². The molecule has 15 heteroatoms. The first-order valence-corrected chi connectivity index (χ1v) is 24.4. The Labute approximate surface area is 390 Å². The van der Waals surface area contributed by atoms with Gasteiger partial charge in [-0.1, -0.05) is 26.0 Å². The van der Waals surface area contributed by atoms with Crippen molar-refractivity contribution < 1.29 is 32.6 Å². The molecular formula is C52H63F3N8O4. The number of rotatable bonds is 14. The van der Waals surface area contributed by atoms with Crippen LogP contribution in [0.25, 0.3) is 32.9 Å². The van der Waals surface area contributed by atoms with E-state index >= 15 is 13.2 Å². The lowest BCUT2D eigenvalue weighted by atomic mass is 9.93. The Balaban J connectivity index is 0.829. The number of nitrogens with one attached hydrogen (secondary N) is 1. The number of phenolic OH excluding ortho intramolecular Hbond substituents is 1. The van der Waals surface area contributed by atoms with Crippen LogP contribution in [0.1, 0.15) is 88.7 Å². The lowest BCUT2D eigenvalue weighted by Gasteiger charge is -2.40. The van der Waals surface area contributed by atoms with Crippen LogP contribution in [0.3, 0.4) is 0 Å². The summed E-state index contributed by atoms with van der Waals surface area (Å²) < 4.78 is 54.2. The Morgan fingerprint density at radius 1 is 0.925 bits per heavy atom. The molecule has 5 aromatic rings. The van der Waals surface area contributed by atoms with Crippen molar-refractivity contribution in [3.63, 3.8) is 0 Å². The molecule has 3 atom stereocenters. The SMILES string of the molecule is CCc1c(F)ccc2cc(O)cc(-c3ncc4c(N5CCC[C@H](C)C5)nc(OC5CCN(C6CCN(CC7CCN(c8ccc(C(C=O)CCC(=O)NC)cc8F)CC7)CC6)C5)nc4c3F)c12. The number of benzene rings is 3. The Bertz CT molecular complexity index is 2600. The molecule has 4 aliphatic rings. The van der Waals surface area contributed by atoms with E-state index in [2.05, 4.69) is 36.8 Å². The molecule has 9 rings (SSSR count). The van der Waals surface area contributed by atoms with Gasteiger partial charge in [0, 0.05) is 83.0 Å². The lowest BCUT2D eigenvalue weighted by Crippen LogP contribution is -2.46. The number of aromatic nitrogens is 3. The van der Waals surface area contributed by atoms with Crippen LogP contribution in [0.4, 0.5) is 24.7 Å². The molecule has 4 fully saturated rings. The standard InChI is InChI=1S/C52H63F3N8O4/c1-4-40-43(53)10-7-35-24-38(65)26-41(47(35)40)49-48(55)50-42(27-57-49)51(63-18-5-6-32(2)28-63)59-52(58-50)67-39-17-23-62(30-39)37-15-19-60(20-16-37)29-33-13-21-61(22-14-33)45-11-8-34(25-44(45)54)36(31-64)9-12-46(66)56-3/h7-8,10-11,24-27,31-33,36-37,39,65H,4-6,9,12-23,28-30H2,1-3H3,(H,56,66)/t32-,36?,39?/m0/s1. The highest BCUT2D eigenvalue weighted by atomic mass is 19.1.